The van der Waals surface area contributed by atoms with Gasteiger partial charge in [0.25, 0.3) is 5.91 Å². The third-order valence-electron chi connectivity index (χ3n) is 5.61. The lowest BCUT2D eigenvalue weighted by Crippen LogP contribution is -2.35. The number of rotatable bonds is 8. The van der Waals surface area contributed by atoms with E-state index in [4.69, 9.17) is 23.4 Å². The maximum Gasteiger partial charge on any atom is 0.290 e. The molecule has 0 saturated heterocycles. The molecule has 7 heteroatoms. The first-order chi connectivity index (χ1) is 16.1. The average Bonchev–Trinajstić information content (AvgIpc) is 3.35. The molecule has 0 radical (unpaired) electrons. The van der Waals surface area contributed by atoms with Crippen molar-refractivity contribution < 1.29 is 28.2 Å². The largest absolute Gasteiger partial charge is 0.496 e. The van der Waals surface area contributed by atoms with Crippen molar-refractivity contribution in [2.24, 2.45) is 0 Å². The Kier molecular flexibility index (Phi) is 6.88. The van der Waals surface area contributed by atoms with Crippen LogP contribution in [0.3, 0.4) is 0 Å². The van der Waals surface area contributed by atoms with Crippen molar-refractivity contribution in [2.75, 3.05) is 34.4 Å². The van der Waals surface area contributed by atoms with Crippen LogP contribution in [0.15, 0.2) is 65.3 Å². The van der Waals surface area contributed by atoms with Crippen molar-refractivity contribution in [2.45, 2.75) is 13.0 Å². The minimum atomic E-state index is -0.157. The molecular formula is C26H27NO6. The summed E-state index contributed by atoms with van der Waals surface area (Å²) in [5.41, 5.74) is 2.66. The highest BCUT2D eigenvalue weighted by Gasteiger charge is 2.26. The van der Waals surface area contributed by atoms with Crippen molar-refractivity contribution in [3.63, 3.8) is 0 Å². The number of hydrogen-bond acceptors (Lipinski definition) is 6. The Morgan fingerprint density at radius 2 is 1.70 bits per heavy atom. The van der Waals surface area contributed by atoms with Gasteiger partial charge in [0.15, 0.2) is 5.76 Å². The molecule has 0 saturated carbocycles. The maximum absolute atomic E-state index is 13.1. The smallest absolute Gasteiger partial charge is 0.290 e. The molecule has 0 atom stereocenters. The Morgan fingerprint density at radius 1 is 0.970 bits per heavy atom. The molecule has 2 aromatic carbocycles. The second-order valence-corrected chi connectivity index (χ2v) is 7.51. The molecule has 1 aliphatic rings. The third kappa shape index (κ3) is 4.82. The molecular weight excluding hydrogens is 422 g/mol. The van der Waals surface area contributed by atoms with Gasteiger partial charge in [-0.15, -0.1) is 0 Å². The average molecular weight is 450 g/mol. The quantitative estimate of drug-likeness (QED) is 0.491. The number of para-hydroxylation sites is 1. The maximum atomic E-state index is 13.1. The van der Waals surface area contributed by atoms with Crippen LogP contribution in [0, 0.1) is 0 Å². The first-order valence-electron chi connectivity index (χ1n) is 10.7. The van der Waals surface area contributed by atoms with E-state index in [0.717, 1.165) is 22.4 Å². The van der Waals surface area contributed by atoms with E-state index in [2.05, 4.69) is 0 Å². The molecule has 0 bridgehead atoms. The summed E-state index contributed by atoms with van der Waals surface area (Å²) in [5, 5.41) is 0. The van der Waals surface area contributed by atoms with E-state index in [0.29, 0.717) is 42.5 Å². The standard InChI is InChI=1S/C26H27NO6/c1-29-21-15-22(30-2)24(23(16-21)31-3)18-9-12-27(13-10-18)26(28)25-19(11-14-32-25)17-33-20-7-5-4-6-8-20/h4-9,11,14-16H,10,12-13,17H2,1-3H3. The van der Waals surface area contributed by atoms with Gasteiger partial charge in [0.05, 0.1) is 33.2 Å². The number of carbonyl (C=O) groups is 1. The number of methoxy groups -OCH3 is 3. The predicted molar refractivity (Wildman–Crippen MR) is 124 cm³/mol. The van der Waals surface area contributed by atoms with E-state index >= 15 is 0 Å². The Labute approximate surface area is 193 Å². The molecule has 4 rings (SSSR count). The van der Waals surface area contributed by atoms with Gasteiger partial charge in [-0.1, -0.05) is 24.3 Å². The summed E-state index contributed by atoms with van der Waals surface area (Å²) in [6.07, 6.45) is 4.20. The van der Waals surface area contributed by atoms with Gasteiger partial charge < -0.3 is 28.3 Å². The molecule has 0 fully saturated rings. The van der Waals surface area contributed by atoms with Gasteiger partial charge in [0.1, 0.15) is 29.6 Å². The summed E-state index contributed by atoms with van der Waals surface area (Å²) < 4.78 is 27.8. The molecule has 7 nitrogen and oxygen atoms in total. The number of benzene rings is 2. The Morgan fingerprint density at radius 3 is 2.30 bits per heavy atom. The Hall–Kier alpha value is -3.87. The summed E-state index contributed by atoms with van der Waals surface area (Å²) in [4.78, 5) is 14.9. The number of carbonyl (C=O) groups excluding carboxylic acids is 1. The lowest BCUT2D eigenvalue weighted by molar-refractivity contribution is 0.0737. The summed E-state index contributed by atoms with van der Waals surface area (Å²) >= 11 is 0. The van der Waals surface area contributed by atoms with Crippen molar-refractivity contribution >= 4 is 11.5 Å². The molecule has 1 aromatic heterocycles. The normalized spacial score (nSPS) is 13.3. The van der Waals surface area contributed by atoms with E-state index in [9.17, 15) is 4.79 Å². The summed E-state index contributed by atoms with van der Waals surface area (Å²) in [5.74, 6) is 2.89. The number of nitrogens with zero attached hydrogens (tertiary/aromatic N) is 1. The fraction of sp³-hybridized carbons (Fsp3) is 0.269. The topological polar surface area (TPSA) is 70.4 Å². The zero-order chi connectivity index (χ0) is 23.2. The van der Waals surface area contributed by atoms with Crippen LogP contribution in [0.1, 0.15) is 28.1 Å². The fourth-order valence-electron chi connectivity index (χ4n) is 3.86. The van der Waals surface area contributed by atoms with Gasteiger partial charge in [-0.05, 0) is 30.2 Å². The van der Waals surface area contributed by atoms with Crippen molar-refractivity contribution in [3.8, 4) is 23.0 Å². The molecule has 172 valence electrons. The molecule has 1 amide bonds. The highest BCUT2D eigenvalue weighted by atomic mass is 16.5. The lowest BCUT2D eigenvalue weighted by Gasteiger charge is -2.27. The number of hydrogen-bond donors (Lipinski definition) is 0. The van der Waals surface area contributed by atoms with Crippen LogP contribution < -0.4 is 18.9 Å². The van der Waals surface area contributed by atoms with Gasteiger partial charge in [-0.2, -0.15) is 0 Å². The number of amides is 1. The predicted octanol–water partition coefficient (Wildman–Crippen LogP) is 4.81. The van der Waals surface area contributed by atoms with Crippen LogP contribution in [0.4, 0.5) is 0 Å². The van der Waals surface area contributed by atoms with E-state index < -0.39 is 0 Å². The molecule has 2 heterocycles. The second kappa shape index (κ2) is 10.2. The highest BCUT2D eigenvalue weighted by Crippen LogP contribution is 2.41. The fourth-order valence-corrected chi connectivity index (χ4v) is 3.86. The van der Waals surface area contributed by atoms with Crippen LogP contribution in [0.2, 0.25) is 0 Å². The Bertz CT molecular complexity index is 1110. The first-order valence-corrected chi connectivity index (χ1v) is 10.7. The van der Waals surface area contributed by atoms with Gasteiger partial charge in [0, 0.05) is 30.8 Å². The van der Waals surface area contributed by atoms with Crippen LogP contribution >= 0.6 is 0 Å². The third-order valence-corrected chi connectivity index (χ3v) is 5.61. The molecule has 0 unspecified atom stereocenters. The minimum Gasteiger partial charge on any atom is -0.496 e. The summed E-state index contributed by atoms with van der Waals surface area (Å²) in [7, 11) is 4.84. The highest BCUT2D eigenvalue weighted by molar-refractivity contribution is 5.93. The molecule has 0 aliphatic carbocycles. The zero-order valence-corrected chi connectivity index (χ0v) is 19.0. The molecule has 33 heavy (non-hydrogen) atoms. The van der Waals surface area contributed by atoms with Crippen molar-refractivity contribution in [1.29, 1.82) is 0 Å². The van der Waals surface area contributed by atoms with E-state index in [1.165, 1.54) is 6.26 Å². The SMILES string of the molecule is COc1cc(OC)c(C2=CCN(C(=O)c3occc3COc3ccccc3)CC2)c(OC)c1. The molecule has 0 N–H and O–H groups in total. The first kappa shape index (κ1) is 22.3. The van der Waals surface area contributed by atoms with Gasteiger partial charge in [0.2, 0.25) is 0 Å². The van der Waals surface area contributed by atoms with Gasteiger partial charge >= 0.3 is 0 Å². The van der Waals surface area contributed by atoms with Crippen LogP contribution in [0.25, 0.3) is 5.57 Å². The zero-order valence-electron chi connectivity index (χ0n) is 19.0. The molecule has 3 aromatic rings. The Balaban J connectivity index is 1.49. The number of furan rings is 1. The van der Waals surface area contributed by atoms with E-state index in [-0.39, 0.29) is 12.5 Å². The van der Waals surface area contributed by atoms with Crippen LogP contribution in [-0.4, -0.2) is 45.2 Å². The molecule has 0 spiro atoms. The monoisotopic (exact) mass is 449 g/mol. The van der Waals surface area contributed by atoms with Crippen LogP contribution in [0.5, 0.6) is 23.0 Å². The summed E-state index contributed by atoms with van der Waals surface area (Å²) in [6.45, 7) is 1.26. The van der Waals surface area contributed by atoms with E-state index in [1.807, 2.05) is 48.5 Å². The summed E-state index contributed by atoms with van der Waals surface area (Å²) in [6, 6.07) is 14.9. The van der Waals surface area contributed by atoms with Crippen LogP contribution in [-0.2, 0) is 6.61 Å². The minimum absolute atomic E-state index is 0.157. The lowest BCUT2D eigenvalue weighted by atomic mass is 9.97. The van der Waals surface area contributed by atoms with Gasteiger partial charge in [-0.25, -0.2) is 0 Å². The molecule has 1 aliphatic heterocycles. The van der Waals surface area contributed by atoms with Gasteiger partial charge in [-0.3, -0.25) is 4.79 Å². The van der Waals surface area contributed by atoms with Crippen molar-refractivity contribution in [3.05, 3.63) is 77.8 Å². The van der Waals surface area contributed by atoms with Crippen molar-refractivity contribution in [1.82, 2.24) is 4.90 Å². The van der Waals surface area contributed by atoms with E-state index in [1.54, 1.807) is 32.3 Å². The second-order valence-electron chi connectivity index (χ2n) is 7.51. The number of ether oxygens (including phenoxy) is 4.